The van der Waals surface area contributed by atoms with E-state index in [4.69, 9.17) is 10.9 Å². The molecule has 0 fully saturated rings. The molecule has 0 aromatic carbocycles. The van der Waals surface area contributed by atoms with E-state index >= 15 is 0 Å². The van der Waals surface area contributed by atoms with E-state index in [0.717, 1.165) is 0 Å². The van der Waals surface area contributed by atoms with Gasteiger partial charge in [0.2, 0.25) is 16.0 Å². The van der Waals surface area contributed by atoms with Gasteiger partial charge in [-0.1, -0.05) is 0 Å². The minimum absolute atomic E-state index is 0.109. The van der Waals surface area contributed by atoms with Crippen LogP contribution < -0.4 is 10.9 Å². The number of primary sulfonamides is 1. The molecule has 0 aliphatic carbocycles. The maximum absolute atomic E-state index is 13.9. The number of aromatic nitrogens is 4. The Kier molecular flexibility index (Phi) is 3.49. The van der Waals surface area contributed by atoms with Gasteiger partial charge < -0.3 is 5.73 Å². The molecular weight excluding hydrogens is 323 g/mol. The van der Waals surface area contributed by atoms with Crippen molar-refractivity contribution in [3.05, 3.63) is 42.4 Å². The zero-order valence-corrected chi connectivity index (χ0v) is 12.8. The molecule has 1 unspecified atom stereocenters. The number of hydrogen-bond acceptors (Lipinski definition) is 6. The van der Waals surface area contributed by atoms with E-state index in [9.17, 15) is 12.8 Å². The maximum Gasteiger partial charge on any atom is 0.217 e. The number of nitrogens with two attached hydrogens (primary N) is 2. The Bertz CT molecular complexity index is 1000. The molecule has 3 rings (SSSR count). The summed E-state index contributed by atoms with van der Waals surface area (Å²) in [4.78, 5) is 11.7. The van der Waals surface area contributed by atoms with E-state index in [0.29, 0.717) is 16.9 Å². The van der Waals surface area contributed by atoms with Crippen LogP contribution in [0.5, 0.6) is 0 Å². The molecule has 4 N–H and O–H groups in total. The molecule has 3 heterocycles. The van der Waals surface area contributed by atoms with Crippen LogP contribution in [0.2, 0.25) is 0 Å². The van der Waals surface area contributed by atoms with E-state index < -0.39 is 21.2 Å². The summed E-state index contributed by atoms with van der Waals surface area (Å²) in [6, 6.07) is 1.39. The summed E-state index contributed by atoms with van der Waals surface area (Å²) in [6.07, 6.45) is 5.95. The molecule has 0 spiro atoms. The smallest absolute Gasteiger partial charge is 0.217 e. The molecule has 3 aromatic rings. The molecule has 0 amide bonds. The third-order valence-electron chi connectivity index (χ3n) is 3.55. The van der Waals surface area contributed by atoms with Crippen LogP contribution >= 0.6 is 0 Å². The lowest BCUT2D eigenvalue weighted by Crippen LogP contribution is -2.20. The lowest BCUT2D eigenvalue weighted by molar-refractivity contribution is 0.554. The molecule has 0 aliphatic heterocycles. The molecule has 1 atom stereocenters. The zero-order valence-electron chi connectivity index (χ0n) is 12.0. The van der Waals surface area contributed by atoms with Gasteiger partial charge in [0.1, 0.15) is 5.25 Å². The highest BCUT2D eigenvalue weighted by molar-refractivity contribution is 7.89. The Balaban J connectivity index is 2.19. The Morgan fingerprint density at radius 2 is 2.00 bits per heavy atom. The number of pyridine rings is 1. The average molecular weight is 336 g/mol. The van der Waals surface area contributed by atoms with Crippen molar-refractivity contribution in [2.24, 2.45) is 5.14 Å². The highest BCUT2D eigenvalue weighted by atomic mass is 32.2. The van der Waals surface area contributed by atoms with E-state index in [-0.39, 0.29) is 11.4 Å². The third-order valence-corrected chi connectivity index (χ3v) is 4.79. The van der Waals surface area contributed by atoms with Crippen molar-refractivity contribution in [2.45, 2.75) is 12.2 Å². The summed E-state index contributed by atoms with van der Waals surface area (Å²) in [6.45, 7) is 1.30. The van der Waals surface area contributed by atoms with Gasteiger partial charge in [-0.15, -0.1) is 0 Å². The summed E-state index contributed by atoms with van der Waals surface area (Å²) in [5.41, 5.74) is 7.12. The van der Waals surface area contributed by atoms with Crippen molar-refractivity contribution in [3.8, 4) is 11.3 Å². The molecule has 0 radical (unpaired) electrons. The van der Waals surface area contributed by atoms with Gasteiger partial charge in [-0.3, -0.25) is 4.40 Å². The first-order valence-electron chi connectivity index (χ1n) is 6.54. The highest BCUT2D eigenvalue weighted by Crippen LogP contribution is 2.28. The monoisotopic (exact) mass is 336 g/mol. The minimum Gasteiger partial charge on any atom is -0.381 e. The summed E-state index contributed by atoms with van der Waals surface area (Å²) < 4.78 is 38.5. The average Bonchev–Trinajstić information content (AvgIpc) is 2.91. The molecular formula is C13H13FN6O2S. The number of fused-ring (bicyclic) bond motifs is 1. The fourth-order valence-electron chi connectivity index (χ4n) is 2.22. The molecule has 10 heteroatoms. The van der Waals surface area contributed by atoms with Gasteiger partial charge in [-0.05, 0) is 13.0 Å². The molecule has 0 bridgehead atoms. The first-order valence-corrected chi connectivity index (χ1v) is 8.15. The Morgan fingerprint density at radius 3 is 2.70 bits per heavy atom. The molecule has 3 aromatic heterocycles. The zero-order chi connectivity index (χ0) is 16.8. The first-order chi connectivity index (χ1) is 10.8. The molecule has 120 valence electrons. The number of sulfonamides is 1. The van der Waals surface area contributed by atoms with Gasteiger partial charge in [0.25, 0.3) is 0 Å². The molecule has 0 saturated carbocycles. The van der Waals surface area contributed by atoms with Gasteiger partial charge in [-0.2, -0.15) is 4.39 Å². The van der Waals surface area contributed by atoms with Crippen LogP contribution in [-0.2, 0) is 10.0 Å². The third kappa shape index (κ3) is 2.62. The van der Waals surface area contributed by atoms with Crippen LogP contribution in [0.3, 0.4) is 0 Å². The standard InChI is InChI=1S/C13H13FN6O2S/c1-7(23(16,21)22)9-4-8(5-18-11(9)14)10-6-19-13-12(15)17-2-3-20(10)13/h2-7H,1H3,(H2,15,17)(H2,16,21,22). The van der Waals surface area contributed by atoms with Crippen molar-refractivity contribution in [2.75, 3.05) is 5.73 Å². The minimum atomic E-state index is -3.95. The van der Waals surface area contributed by atoms with E-state index in [1.165, 1.54) is 31.6 Å². The Hall–Kier alpha value is -2.59. The lowest BCUT2D eigenvalue weighted by atomic mass is 10.1. The number of hydrogen-bond donors (Lipinski definition) is 2. The number of halogens is 1. The number of imidazole rings is 1. The van der Waals surface area contributed by atoms with Crippen LogP contribution in [0.4, 0.5) is 10.2 Å². The normalized spacial score (nSPS) is 13.3. The summed E-state index contributed by atoms with van der Waals surface area (Å²) in [5, 5.41) is 3.87. The second-order valence-electron chi connectivity index (χ2n) is 4.98. The van der Waals surface area contributed by atoms with Crippen LogP contribution in [0.1, 0.15) is 17.7 Å². The Labute approximate surface area is 131 Å². The quantitative estimate of drug-likeness (QED) is 0.682. The predicted octanol–water partition coefficient (Wildman–Crippen LogP) is 0.862. The highest BCUT2D eigenvalue weighted by Gasteiger charge is 2.23. The summed E-state index contributed by atoms with van der Waals surface area (Å²) in [7, 11) is -3.95. The van der Waals surface area contributed by atoms with Crippen LogP contribution in [-0.4, -0.2) is 27.8 Å². The second kappa shape index (κ2) is 5.25. The van der Waals surface area contributed by atoms with Gasteiger partial charge >= 0.3 is 0 Å². The van der Waals surface area contributed by atoms with Crippen molar-refractivity contribution in [1.82, 2.24) is 19.4 Å². The number of nitrogen functional groups attached to an aromatic ring is 1. The summed E-state index contributed by atoms with van der Waals surface area (Å²) >= 11 is 0. The number of rotatable bonds is 3. The maximum atomic E-state index is 13.9. The lowest BCUT2D eigenvalue weighted by Gasteiger charge is -2.11. The van der Waals surface area contributed by atoms with Crippen molar-refractivity contribution in [3.63, 3.8) is 0 Å². The first kappa shape index (κ1) is 15.3. The molecule has 8 nitrogen and oxygen atoms in total. The van der Waals surface area contributed by atoms with Crippen molar-refractivity contribution in [1.29, 1.82) is 0 Å². The van der Waals surface area contributed by atoms with E-state index in [1.54, 1.807) is 10.6 Å². The largest absolute Gasteiger partial charge is 0.381 e. The Morgan fingerprint density at radius 1 is 1.26 bits per heavy atom. The van der Waals surface area contributed by atoms with Crippen molar-refractivity contribution >= 4 is 21.5 Å². The predicted molar refractivity (Wildman–Crippen MR) is 82.1 cm³/mol. The topological polar surface area (TPSA) is 129 Å². The van der Waals surface area contributed by atoms with E-state index in [2.05, 4.69) is 15.0 Å². The van der Waals surface area contributed by atoms with Crippen LogP contribution in [0, 0.1) is 5.95 Å². The molecule has 0 saturated heterocycles. The van der Waals surface area contributed by atoms with E-state index in [1.807, 2.05) is 0 Å². The molecule has 23 heavy (non-hydrogen) atoms. The fraction of sp³-hybridized carbons (Fsp3) is 0.154. The second-order valence-corrected chi connectivity index (χ2v) is 6.87. The van der Waals surface area contributed by atoms with Crippen molar-refractivity contribution < 1.29 is 12.8 Å². The number of nitrogens with zero attached hydrogens (tertiary/aromatic N) is 4. The summed E-state index contributed by atoms with van der Waals surface area (Å²) in [5.74, 6) is -0.641. The van der Waals surface area contributed by atoms with Crippen LogP contribution in [0.25, 0.3) is 16.9 Å². The van der Waals surface area contributed by atoms with Gasteiger partial charge in [0.05, 0.1) is 11.9 Å². The van der Waals surface area contributed by atoms with Crippen LogP contribution in [0.15, 0.2) is 30.9 Å². The van der Waals surface area contributed by atoms with Gasteiger partial charge in [0.15, 0.2) is 11.5 Å². The fourth-order valence-corrected chi connectivity index (χ4v) is 2.74. The van der Waals surface area contributed by atoms with Gasteiger partial charge in [0, 0.05) is 29.7 Å². The number of anilines is 1. The SMILES string of the molecule is CC(c1cc(-c2cnc3c(N)nccn23)cnc1F)S(N)(=O)=O. The van der Waals surface area contributed by atoms with Gasteiger partial charge in [-0.25, -0.2) is 28.5 Å². The molecule has 0 aliphatic rings.